The molecule has 0 aliphatic carbocycles. The zero-order valence-corrected chi connectivity index (χ0v) is 30.6. The summed E-state index contributed by atoms with van der Waals surface area (Å²) in [6, 6.07) is 0. The second-order valence-electron chi connectivity index (χ2n) is 14.7. The highest BCUT2D eigenvalue weighted by Crippen LogP contribution is 2.40. The zero-order valence-electron chi connectivity index (χ0n) is 30.6. The van der Waals surface area contributed by atoms with Crippen molar-refractivity contribution in [1.29, 1.82) is 0 Å². The van der Waals surface area contributed by atoms with Crippen molar-refractivity contribution in [2.24, 2.45) is 5.41 Å². The molecule has 2 heteroatoms. The predicted molar refractivity (Wildman–Crippen MR) is 194 cm³/mol. The fourth-order valence-corrected chi connectivity index (χ4v) is 7.20. The quantitative estimate of drug-likeness (QED) is 0.0695. The Hall–Kier alpha value is -0.0800. The van der Waals surface area contributed by atoms with E-state index in [9.17, 15) is 10.2 Å². The summed E-state index contributed by atoms with van der Waals surface area (Å²) in [5.41, 5.74) is 0.629. The summed E-state index contributed by atoms with van der Waals surface area (Å²) in [7, 11) is 0. The van der Waals surface area contributed by atoms with Crippen LogP contribution in [0.4, 0.5) is 0 Å². The molecule has 0 radical (unpaired) electrons. The van der Waals surface area contributed by atoms with Crippen LogP contribution in [0.5, 0.6) is 0 Å². The summed E-state index contributed by atoms with van der Waals surface area (Å²) in [6.45, 7) is 9.18. The summed E-state index contributed by atoms with van der Waals surface area (Å²) in [5.74, 6) is 0. The summed E-state index contributed by atoms with van der Waals surface area (Å²) >= 11 is 0. The lowest BCUT2D eigenvalue weighted by molar-refractivity contribution is 0.147. The Morgan fingerprint density at radius 1 is 0.349 bits per heavy atom. The van der Waals surface area contributed by atoms with E-state index >= 15 is 0 Å². The van der Waals surface area contributed by atoms with Crippen molar-refractivity contribution in [3.8, 4) is 0 Å². The summed E-state index contributed by atoms with van der Waals surface area (Å²) in [5, 5.41) is 19.8. The van der Waals surface area contributed by atoms with Gasteiger partial charge in [-0.05, 0) is 50.4 Å². The Morgan fingerprint density at radius 3 is 1.00 bits per heavy atom. The average Bonchev–Trinajstić information content (AvgIpc) is 3.02. The fraction of sp³-hybridized carbons (Fsp3) is 1.00. The molecular weight excluding hydrogens is 524 g/mol. The van der Waals surface area contributed by atoms with Gasteiger partial charge in [0.2, 0.25) is 0 Å². The molecule has 3 unspecified atom stereocenters. The third-order valence-corrected chi connectivity index (χ3v) is 10.7. The molecule has 0 aliphatic heterocycles. The van der Waals surface area contributed by atoms with Gasteiger partial charge in [-0.3, -0.25) is 0 Å². The monoisotopic (exact) mass is 609 g/mol. The number of aliphatic hydroxyl groups excluding tert-OH is 2. The first-order chi connectivity index (χ1) is 21.0. The van der Waals surface area contributed by atoms with Crippen LogP contribution in [0.1, 0.15) is 246 Å². The topological polar surface area (TPSA) is 40.5 Å². The second kappa shape index (κ2) is 33.3. The van der Waals surface area contributed by atoms with Gasteiger partial charge in [-0.1, -0.05) is 201 Å². The Balaban J connectivity index is 3.78. The Kier molecular flexibility index (Phi) is 33.2. The highest BCUT2D eigenvalue weighted by molar-refractivity contribution is 4.78. The lowest BCUT2D eigenvalue weighted by atomic mass is 9.72. The molecule has 0 fully saturated rings. The van der Waals surface area contributed by atoms with Gasteiger partial charge in [-0.15, -0.1) is 0 Å². The SMILES string of the molecule is CCCCCCC(O)CCCCCCCCCCCCC(CC)(CCCC)CCCCCCCCCCCCC(O)CC. The maximum atomic E-state index is 10.1. The standard InChI is InChI=1S/C41H84O2/c1-5-9-11-28-34-40(43)35-30-25-21-17-13-15-19-23-27-32-38-41(8-4,36-10-6-2)37-31-26-22-18-14-12-16-20-24-29-33-39(42)7-3/h39-40,42-43H,5-38H2,1-4H3. The number of hydrogen-bond acceptors (Lipinski definition) is 2. The largest absolute Gasteiger partial charge is 0.393 e. The van der Waals surface area contributed by atoms with Gasteiger partial charge in [-0.25, -0.2) is 0 Å². The van der Waals surface area contributed by atoms with E-state index in [0.717, 1.165) is 25.7 Å². The van der Waals surface area contributed by atoms with Gasteiger partial charge in [0.15, 0.2) is 0 Å². The van der Waals surface area contributed by atoms with Gasteiger partial charge in [0.1, 0.15) is 0 Å². The molecule has 2 N–H and O–H groups in total. The first-order valence-corrected chi connectivity index (χ1v) is 20.4. The van der Waals surface area contributed by atoms with E-state index in [2.05, 4.69) is 27.7 Å². The van der Waals surface area contributed by atoms with Gasteiger partial charge >= 0.3 is 0 Å². The molecule has 0 bridgehead atoms. The van der Waals surface area contributed by atoms with Crippen molar-refractivity contribution in [2.45, 2.75) is 258 Å². The fourth-order valence-electron chi connectivity index (χ4n) is 7.20. The molecule has 0 saturated carbocycles. The van der Waals surface area contributed by atoms with Crippen molar-refractivity contribution < 1.29 is 10.2 Å². The predicted octanol–water partition coefficient (Wildman–Crippen LogP) is 14.0. The van der Waals surface area contributed by atoms with Crippen LogP contribution in [0.25, 0.3) is 0 Å². The van der Waals surface area contributed by atoms with Crippen LogP contribution in [0.2, 0.25) is 0 Å². The lowest BCUT2D eigenvalue weighted by Gasteiger charge is -2.33. The molecule has 2 nitrogen and oxygen atoms in total. The Labute approximate surface area is 273 Å². The van der Waals surface area contributed by atoms with Crippen LogP contribution >= 0.6 is 0 Å². The van der Waals surface area contributed by atoms with Crippen molar-refractivity contribution >= 4 is 0 Å². The maximum Gasteiger partial charge on any atom is 0.0540 e. The van der Waals surface area contributed by atoms with E-state index in [1.807, 2.05) is 0 Å². The molecule has 3 atom stereocenters. The van der Waals surface area contributed by atoms with E-state index in [4.69, 9.17) is 0 Å². The summed E-state index contributed by atoms with van der Waals surface area (Å²) in [6.07, 6.45) is 45.3. The number of rotatable bonds is 36. The van der Waals surface area contributed by atoms with E-state index < -0.39 is 0 Å². The highest BCUT2D eigenvalue weighted by atomic mass is 16.3. The molecule has 0 aromatic carbocycles. The van der Waals surface area contributed by atoms with Crippen LogP contribution in [-0.4, -0.2) is 22.4 Å². The van der Waals surface area contributed by atoms with Gasteiger partial charge in [-0.2, -0.15) is 0 Å². The van der Waals surface area contributed by atoms with Crippen molar-refractivity contribution in [3.63, 3.8) is 0 Å². The van der Waals surface area contributed by atoms with Crippen LogP contribution < -0.4 is 0 Å². The Bertz CT molecular complexity index is 520. The summed E-state index contributed by atoms with van der Waals surface area (Å²) in [4.78, 5) is 0. The normalized spacial score (nSPS) is 14.7. The third kappa shape index (κ3) is 29.1. The van der Waals surface area contributed by atoms with Crippen molar-refractivity contribution in [2.75, 3.05) is 0 Å². The molecule has 0 aromatic heterocycles. The van der Waals surface area contributed by atoms with E-state index in [-0.39, 0.29) is 12.2 Å². The first-order valence-electron chi connectivity index (χ1n) is 20.4. The minimum Gasteiger partial charge on any atom is -0.393 e. The van der Waals surface area contributed by atoms with Crippen LogP contribution in [-0.2, 0) is 0 Å². The molecule has 0 rings (SSSR count). The molecule has 0 amide bonds. The van der Waals surface area contributed by atoms with Crippen LogP contribution in [0, 0.1) is 5.41 Å². The number of aliphatic hydroxyl groups is 2. The molecule has 43 heavy (non-hydrogen) atoms. The molecule has 0 saturated heterocycles. The molecule has 0 aliphatic rings. The number of unbranched alkanes of at least 4 members (excludes halogenated alkanes) is 22. The average molecular weight is 609 g/mol. The molecule has 0 heterocycles. The van der Waals surface area contributed by atoms with Crippen molar-refractivity contribution in [3.05, 3.63) is 0 Å². The minimum absolute atomic E-state index is 0.0431. The molecule has 0 spiro atoms. The van der Waals surface area contributed by atoms with Gasteiger partial charge < -0.3 is 10.2 Å². The van der Waals surface area contributed by atoms with Crippen molar-refractivity contribution in [1.82, 2.24) is 0 Å². The lowest BCUT2D eigenvalue weighted by Crippen LogP contribution is -2.20. The summed E-state index contributed by atoms with van der Waals surface area (Å²) < 4.78 is 0. The number of hydrogen-bond donors (Lipinski definition) is 2. The maximum absolute atomic E-state index is 10.1. The van der Waals surface area contributed by atoms with Gasteiger partial charge in [0.25, 0.3) is 0 Å². The smallest absolute Gasteiger partial charge is 0.0540 e. The van der Waals surface area contributed by atoms with Crippen LogP contribution in [0.3, 0.4) is 0 Å². The zero-order chi connectivity index (χ0) is 31.7. The Morgan fingerprint density at radius 2 is 0.651 bits per heavy atom. The first kappa shape index (κ1) is 42.9. The van der Waals surface area contributed by atoms with E-state index in [1.165, 1.54) is 193 Å². The minimum atomic E-state index is -0.0639. The van der Waals surface area contributed by atoms with Gasteiger partial charge in [0, 0.05) is 0 Å². The molecular formula is C41H84O2. The van der Waals surface area contributed by atoms with Crippen LogP contribution in [0.15, 0.2) is 0 Å². The molecule has 0 aromatic rings. The highest BCUT2D eigenvalue weighted by Gasteiger charge is 2.26. The van der Waals surface area contributed by atoms with E-state index in [0.29, 0.717) is 5.41 Å². The van der Waals surface area contributed by atoms with E-state index in [1.54, 1.807) is 0 Å². The second-order valence-corrected chi connectivity index (χ2v) is 14.7. The van der Waals surface area contributed by atoms with Gasteiger partial charge in [0.05, 0.1) is 12.2 Å². The third-order valence-electron chi connectivity index (χ3n) is 10.7. The molecule has 260 valence electrons.